The molecule has 4 aromatic carbocycles. The van der Waals surface area contributed by atoms with E-state index >= 15 is 0 Å². The number of anilines is 2. The fourth-order valence-electron chi connectivity index (χ4n) is 4.10. The molecule has 0 bridgehead atoms. The first-order chi connectivity index (χ1) is 20.5. The van der Waals surface area contributed by atoms with Gasteiger partial charge in [0.05, 0.1) is 16.8 Å². The molecule has 2 N–H and O–H groups in total. The molecule has 10 heteroatoms. The number of aryl methyl sites for hydroxylation is 4. The van der Waals surface area contributed by atoms with E-state index in [4.69, 9.17) is 4.74 Å². The van der Waals surface area contributed by atoms with Gasteiger partial charge in [-0.1, -0.05) is 47.5 Å². The van der Waals surface area contributed by atoms with Gasteiger partial charge in [-0.25, -0.2) is 13.8 Å². The van der Waals surface area contributed by atoms with Crippen LogP contribution in [0.4, 0.5) is 11.4 Å². The van der Waals surface area contributed by atoms with Crippen molar-refractivity contribution >= 4 is 39.4 Å². The lowest BCUT2D eigenvalue weighted by Gasteiger charge is -2.25. The minimum atomic E-state index is -4.04. The Kier molecular flexibility index (Phi) is 9.95. The van der Waals surface area contributed by atoms with Crippen LogP contribution in [0, 0.1) is 27.7 Å². The third-order valence-corrected chi connectivity index (χ3v) is 8.29. The quantitative estimate of drug-likeness (QED) is 0.180. The van der Waals surface area contributed by atoms with Gasteiger partial charge in [0.2, 0.25) is 0 Å². The number of carbonyl (C=O) groups excluding carboxylic acids is 2. The molecule has 43 heavy (non-hydrogen) atoms. The Balaban J connectivity index is 1.37. The zero-order valence-electron chi connectivity index (χ0n) is 24.5. The predicted octanol–water partition coefficient (Wildman–Crippen LogP) is 5.28. The molecule has 0 heterocycles. The van der Waals surface area contributed by atoms with Crippen LogP contribution in [0.25, 0.3) is 0 Å². The molecular weight excluding hydrogens is 564 g/mol. The maximum Gasteiger partial charge on any atom is 0.264 e. The minimum absolute atomic E-state index is 0.0882. The van der Waals surface area contributed by atoms with E-state index in [2.05, 4.69) is 15.8 Å². The number of nitrogens with one attached hydrogen (secondary N) is 2. The Morgan fingerprint density at radius 1 is 0.791 bits per heavy atom. The number of rotatable bonds is 11. The first-order valence-corrected chi connectivity index (χ1v) is 15.0. The number of sulfonamides is 1. The average molecular weight is 599 g/mol. The van der Waals surface area contributed by atoms with Gasteiger partial charge in [-0.05, 0) is 99.0 Å². The van der Waals surface area contributed by atoms with E-state index in [9.17, 15) is 18.0 Å². The zero-order valence-corrected chi connectivity index (χ0v) is 25.3. The second-order valence-electron chi connectivity index (χ2n) is 10.2. The smallest absolute Gasteiger partial charge is 0.264 e. The van der Waals surface area contributed by atoms with Crippen molar-refractivity contribution in [3.05, 3.63) is 119 Å². The van der Waals surface area contributed by atoms with Crippen molar-refractivity contribution in [2.45, 2.75) is 32.6 Å². The predicted molar refractivity (Wildman–Crippen MR) is 169 cm³/mol. The molecule has 222 valence electrons. The number of hydrogen-bond acceptors (Lipinski definition) is 6. The van der Waals surface area contributed by atoms with Crippen LogP contribution in [0.3, 0.4) is 0 Å². The molecule has 0 radical (unpaired) electrons. The van der Waals surface area contributed by atoms with Gasteiger partial charge >= 0.3 is 0 Å². The lowest BCUT2D eigenvalue weighted by molar-refractivity contribution is -0.119. The van der Waals surface area contributed by atoms with E-state index in [1.807, 2.05) is 57.2 Å². The van der Waals surface area contributed by atoms with Gasteiger partial charge in [0.15, 0.2) is 6.61 Å². The molecule has 0 atom stereocenters. The Bertz CT molecular complexity index is 1720. The maximum atomic E-state index is 13.6. The summed E-state index contributed by atoms with van der Waals surface area (Å²) in [6, 6.07) is 26.2. The molecule has 0 aliphatic carbocycles. The van der Waals surface area contributed by atoms with Gasteiger partial charge in [-0.3, -0.25) is 13.9 Å². The maximum absolute atomic E-state index is 13.6. The zero-order chi connectivity index (χ0) is 31.0. The van der Waals surface area contributed by atoms with Crippen molar-refractivity contribution in [1.82, 2.24) is 5.43 Å². The summed E-state index contributed by atoms with van der Waals surface area (Å²) < 4.78 is 33.9. The van der Waals surface area contributed by atoms with Crippen molar-refractivity contribution < 1.29 is 22.7 Å². The number of hydrogen-bond donors (Lipinski definition) is 2. The molecule has 0 aromatic heterocycles. The number of amides is 2. The highest BCUT2D eigenvalue weighted by molar-refractivity contribution is 7.92. The molecule has 0 saturated carbocycles. The fourth-order valence-corrected chi connectivity index (χ4v) is 5.58. The standard InChI is InChI=1S/C33H34N4O5S/c1-23-6-13-28(14-7-23)35-33(39)22-42-29-15-11-27(12-16-29)20-34-36-32(38)21-37(31-19-25(3)5-10-26(31)4)43(40,41)30-17-8-24(2)9-18-30/h5-20H,21-22H2,1-4H3,(H,35,39)(H,36,38)/b34-20-. The van der Waals surface area contributed by atoms with E-state index in [-0.39, 0.29) is 17.4 Å². The van der Waals surface area contributed by atoms with E-state index in [0.29, 0.717) is 28.3 Å². The lowest BCUT2D eigenvalue weighted by atomic mass is 10.1. The molecule has 0 aliphatic rings. The first-order valence-electron chi connectivity index (χ1n) is 13.6. The highest BCUT2D eigenvalue weighted by atomic mass is 32.2. The van der Waals surface area contributed by atoms with E-state index in [1.165, 1.54) is 18.3 Å². The Labute approximate surface area is 252 Å². The van der Waals surface area contributed by atoms with Crippen LogP contribution in [0.15, 0.2) is 101 Å². The van der Waals surface area contributed by atoms with Crippen molar-refractivity contribution in [1.29, 1.82) is 0 Å². The Morgan fingerprint density at radius 2 is 1.40 bits per heavy atom. The van der Waals surface area contributed by atoms with Crippen molar-refractivity contribution in [3.8, 4) is 5.75 Å². The second-order valence-corrected chi connectivity index (χ2v) is 12.0. The van der Waals surface area contributed by atoms with Crippen LogP contribution in [0.2, 0.25) is 0 Å². The van der Waals surface area contributed by atoms with Gasteiger partial charge in [-0.15, -0.1) is 0 Å². The lowest BCUT2D eigenvalue weighted by Crippen LogP contribution is -2.40. The highest BCUT2D eigenvalue weighted by Crippen LogP contribution is 2.28. The Morgan fingerprint density at radius 3 is 2.05 bits per heavy atom. The third-order valence-electron chi connectivity index (χ3n) is 6.52. The molecule has 0 aliphatic heterocycles. The summed E-state index contributed by atoms with van der Waals surface area (Å²) >= 11 is 0. The monoisotopic (exact) mass is 598 g/mol. The summed E-state index contributed by atoms with van der Waals surface area (Å²) in [5, 5.41) is 6.77. The fraction of sp³-hybridized carbons (Fsp3) is 0.182. The molecule has 9 nitrogen and oxygen atoms in total. The summed E-state index contributed by atoms with van der Waals surface area (Å²) in [5.74, 6) is -0.394. The van der Waals surface area contributed by atoms with Crippen molar-refractivity contribution in [3.63, 3.8) is 0 Å². The van der Waals surface area contributed by atoms with E-state index in [0.717, 1.165) is 21.0 Å². The largest absolute Gasteiger partial charge is 0.484 e. The van der Waals surface area contributed by atoms with Gasteiger partial charge < -0.3 is 10.1 Å². The van der Waals surface area contributed by atoms with Gasteiger partial charge in [0, 0.05) is 5.69 Å². The van der Waals surface area contributed by atoms with Crippen LogP contribution in [0.5, 0.6) is 5.75 Å². The number of nitrogens with zero attached hydrogens (tertiary/aromatic N) is 2. The van der Waals surface area contributed by atoms with Crippen LogP contribution in [0.1, 0.15) is 27.8 Å². The topological polar surface area (TPSA) is 117 Å². The van der Waals surface area contributed by atoms with Crippen LogP contribution in [-0.4, -0.2) is 39.6 Å². The first kappa shape index (κ1) is 31.0. The molecular formula is C33H34N4O5S. The van der Waals surface area contributed by atoms with E-state index in [1.54, 1.807) is 49.4 Å². The number of ether oxygens (including phenoxy) is 1. The van der Waals surface area contributed by atoms with Crippen LogP contribution in [-0.2, 0) is 19.6 Å². The summed E-state index contributed by atoms with van der Waals surface area (Å²) in [7, 11) is -4.04. The van der Waals surface area contributed by atoms with Crippen LogP contribution >= 0.6 is 0 Å². The second kappa shape index (κ2) is 13.8. The molecule has 0 unspecified atom stereocenters. The summed E-state index contributed by atoms with van der Waals surface area (Å²) in [6.07, 6.45) is 1.43. The van der Waals surface area contributed by atoms with Crippen molar-refractivity contribution in [2.75, 3.05) is 22.8 Å². The SMILES string of the molecule is Cc1ccc(NC(=O)COc2ccc(/C=N\NC(=O)CN(c3cc(C)ccc3C)S(=O)(=O)c3ccc(C)cc3)cc2)cc1. The number of hydrazone groups is 1. The third kappa shape index (κ3) is 8.52. The average Bonchev–Trinajstić information content (AvgIpc) is 2.98. The van der Waals surface area contributed by atoms with E-state index < -0.39 is 22.5 Å². The summed E-state index contributed by atoms with van der Waals surface area (Å²) in [4.78, 5) is 25.2. The Hall–Kier alpha value is -4.96. The molecule has 0 spiro atoms. The van der Waals surface area contributed by atoms with Gasteiger partial charge in [-0.2, -0.15) is 5.10 Å². The molecule has 4 aromatic rings. The van der Waals surface area contributed by atoms with Gasteiger partial charge in [0.25, 0.3) is 21.8 Å². The number of carbonyl (C=O) groups is 2. The number of benzene rings is 4. The molecule has 4 rings (SSSR count). The van der Waals surface area contributed by atoms with Crippen LogP contribution < -0.4 is 19.8 Å². The molecule has 0 fully saturated rings. The normalized spacial score (nSPS) is 11.3. The molecule has 2 amide bonds. The highest BCUT2D eigenvalue weighted by Gasteiger charge is 2.28. The summed E-state index contributed by atoms with van der Waals surface area (Å²) in [6.45, 7) is 6.89. The molecule has 0 saturated heterocycles. The van der Waals surface area contributed by atoms with Gasteiger partial charge in [0.1, 0.15) is 12.3 Å². The minimum Gasteiger partial charge on any atom is -0.484 e. The van der Waals surface area contributed by atoms with Crippen molar-refractivity contribution in [2.24, 2.45) is 5.10 Å². The summed E-state index contributed by atoms with van der Waals surface area (Å²) in [5.41, 5.74) is 7.80.